The van der Waals surface area contributed by atoms with Gasteiger partial charge in [-0.15, -0.1) is 20.4 Å². The fourth-order valence-corrected chi connectivity index (χ4v) is 9.29. The first-order chi connectivity index (χ1) is 23.5. The number of tetrazole rings is 4. The maximum atomic E-state index is 4.39. The van der Waals surface area contributed by atoms with Crippen LogP contribution in [0.25, 0.3) is 0 Å². The molecular weight excluding hydrogens is 709 g/mol. The molecule has 20 nitrogen and oxygen atoms in total. The molecule has 0 atom stereocenters. The van der Waals surface area contributed by atoms with Gasteiger partial charge in [-0.2, -0.15) is 0 Å². The molecular formula is C25H48N20S4. The number of nitrogens with zero attached hydrogens (tertiary/aromatic N) is 20. The quantitative estimate of drug-likeness (QED) is 0.0819. The second-order valence-electron chi connectivity index (χ2n) is 12.6. The van der Waals surface area contributed by atoms with E-state index in [-0.39, 0.29) is 5.41 Å². The molecule has 0 radical (unpaired) electrons. The summed E-state index contributed by atoms with van der Waals surface area (Å²) in [7, 11) is 16.3. The van der Waals surface area contributed by atoms with Crippen LogP contribution in [0.3, 0.4) is 0 Å². The Hall–Kier alpha value is -2.48. The van der Waals surface area contributed by atoms with Crippen molar-refractivity contribution in [2.75, 3.05) is 106 Å². The Balaban J connectivity index is 1.63. The number of hydrogen-bond donors (Lipinski definition) is 0. The van der Waals surface area contributed by atoms with Gasteiger partial charge in [-0.3, -0.25) is 0 Å². The highest BCUT2D eigenvalue weighted by Gasteiger charge is 2.35. The van der Waals surface area contributed by atoms with E-state index >= 15 is 0 Å². The number of thioether (sulfide) groups is 4. The van der Waals surface area contributed by atoms with Crippen LogP contribution in [0.4, 0.5) is 0 Å². The molecule has 0 N–H and O–H groups in total. The molecule has 0 saturated carbocycles. The van der Waals surface area contributed by atoms with Crippen molar-refractivity contribution in [3.8, 4) is 0 Å². The zero-order valence-corrected chi connectivity index (χ0v) is 32.8. The second-order valence-corrected chi connectivity index (χ2v) is 16.4. The second kappa shape index (κ2) is 19.8. The Morgan fingerprint density at radius 3 is 0.837 bits per heavy atom. The molecule has 0 bridgehead atoms. The van der Waals surface area contributed by atoms with Crippen LogP contribution in [-0.2, 0) is 26.2 Å². The van der Waals surface area contributed by atoms with Gasteiger partial charge in [0.1, 0.15) is 0 Å². The van der Waals surface area contributed by atoms with E-state index in [0.717, 1.165) is 46.8 Å². The first-order valence-corrected chi connectivity index (χ1v) is 19.6. The Morgan fingerprint density at radius 1 is 0.408 bits per heavy atom. The zero-order chi connectivity index (χ0) is 35.2. The SMILES string of the molecule is CN(C)CCn1nnnc1SCC(CSc1nnnn1CCN(C)C)(CSc1nnnn1CCN(C)C)CSc1nnnn1CCN(C)C. The zero-order valence-electron chi connectivity index (χ0n) is 29.6. The van der Waals surface area contributed by atoms with E-state index in [9.17, 15) is 0 Å². The summed E-state index contributed by atoms with van der Waals surface area (Å²) in [5, 5.41) is 53.8. The maximum absolute atomic E-state index is 4.39. The van der Waals surface area contributed by atoms with Crippen molar-refractivity contribution in [2.45, 2.75) is 46.8 Å². The molecule has 0 spiro atoms. The smallest absolute Gasteiger partial charge is 0.209 e. The molecule has 0 saturated heterocycles. The van der Waals surface area contributed by atoms with Crippen LogP contribution in [0, 0.1) is 5.41 Å². The van der Waals surface area contributed by atoms with Crippen LogP contribution >= 0.6 is 47.0 Å². The molecule has 0 aliphatic rings. The largest absolute Gasteiger partial charge is 0.308 e. The number of rotatable bonds is 24. The predicted octanol–water partition coefficient (Wildman–Crippen LogP) is -0.666. The molecule has 0 aliphatic heterocycles. The molecule has 24 heteroatoms. The highest BCUT2D eigenvalue weighted by atomic mass is 32.2. The van der Waals surface area contributed by atoms with Gasteiger partial charge in [-0.1, -0.05) is 47.0 Å². The molecule has 0 fully saturated rings. The van der Waals surface area contributed by atoms with Gasteiger partial charge >= 0.3 is 0 Å². The van der Waals surface area contributed by atoms with Gasteiger partial charge in [-0.05, 0) is 98.1 Å². The topological polar surface area (TPSA) is 187 Å². The summed E-state index contributed by atoms with van der Waals surface area (Å²) in [6.45, 7) is 6.06. The average molecular weight is 757 g/mol. The molecule has 272 valence electrons. The van der Waals surface area contributed by atoms with Gasteiger partial charge in [-0.25, -0.2) is 18.7 Å². The summed E-state index contributed by atoms with van der Waals surface area (Å²) in [6.07, 6.45) is 0. The van der Waals surface area contributed by atoms with Crippen LogP contribution in [0.1, 0.15) is 0 Å². The molecule has 4 rings (SSSR count). The molecule has 4 aromatic heterocycles. The van der Waals surface area contributed by atoms with Crippen molar-refractivity contribution in [2.24, 2.45) is 5.41 Å². The molecule has 4 heterocycles. The third-order valence-electron chi connectivity index (χ3n) is 7.06. The number of hydrogen-bond acceptors (Lipinski definition) is 20. The first kappa shape index (κ1) is 39.3. The summed E-state index contributed by atoms with van der Waals surface area (Å²) in [5.41, 5.74) is -0.321. The lowest BCUT2D eigenvalue weighted by molar-refractivity contribution is 0.360. The van der Waals surface area contributed by atoms with E-state index in [1.54, 1.807) is 47.0 Å². The van der Waals surface area contributed by atoms with Gasteiger partial charge in [0, 0.05) is 54.6 Å². The van der Waals surface area contributed by atoms with E-state index in [0.29, 0.717) is 49.2 Å². The third kappa shape index (κ3) is 13.0. The summed E-state index contributed by atoms with van der Waals surface area (Å²) in [5.74, 6) is 2.83. The van der Waals surface area contributed by atoms with Crippen LogP contribution in [0.5, 0.6) is 0 Å². The van der Waals surface area contributed by atoms with Gasteiger partial charge in [0.25, 0.3) is 0 Å². The van der Waals surface area contributed by atoms with E-state index in [1.165, 1.54) is 0 Å². The lowest BCUT2D eigenvalue weighted by atomic mass is 9.99. The standard InChI is InChI=1S/C25H48N20S4/c1-38(2)9-13-42-21(26-30-34-42)46-17-25(18-47-22-27-31-35-43(22)14-10-39(3)4,19-48-23-28-32-36-44(23)15-11-40(5)6)20-49-24-29-33-37-45(24)16-12-41(7)8/h9-20H2,1-8H3. The van der Waals surface area contributed by atoms with Crippen LogP contribution in [-0.4, -0.2) is 206 Å². The first-order valence-electron chi connectivity index (χ1n) is 15.7. The Kier molecular flexibility index (Phi) is 15.9. The summed E-state index contributed by atoms with van der Waals surface area (Å²) >= 11 is 6.61. The normalized spacial score (nSPS) is 12.5. The number of likely N-dealkylation sites (N-methyl/N-ethyl adjacent to an activating group) is 4. The van der Waals surface area contributed by atoms with Crippen molar-refractivity contribution < 1.29 is 0 Å². The highest BCUT2D eigenvalue weighted by Crippen LogP contribution is 2.40. The van der Waals surface area contributed by atoms with Crippen LogP contribution in [0.2, 0.25) is 0 Å². The lowest BCUT2D eigenvalue weighted by Gasteiger charge is -2.32. The summed E-state index contributed by atoms with van der Waals surface area (Å²) in [6, 6.07) is 0. The minimum Gasteiger partial charge on any atom is -0.308 e. The average Bonchev–Trinajstić information content (AvgIpc) is 3.88. The fraction of sp³-hybridized carbons (Fsp3) is 0.840. The lowest BCUT2D eigenvalue weighted by Crippen LogP contribution is -2.34. The fourth-order valence-electron chi connectivity index (χ4n) is 4.06. The van der Waals surface area contributed by atoms with Gasteiger partial charge in [0.15, 0.2) is 0 Å². The molecule has 0 aliphatic carbocycles. The third-order valence-corrected chi connectivity index (χ3v) is 12.3. The molecule has 49 heavy (non-hydrogen) atoms. The van der Waals surface area contributed by atoms with Gasteiger partial charge < -0.3 is 19.6 Å². The van der Waals surface area contributed by atoms with Crippen molar-refractivity contribution in [1.29, 1.82) is 0 Å². The molecule has 4 aromatic rings. The summed E-state index contributed by atoms with van der Waals surface area (Å²) in [4.78, 5) is 8.47. The minimum atomic E-state index is -0.321. The monoisotopic (exact) mass is 756 g/mol. The number of aromatic nitrogens is 16. The van der Waals surface area contributed by atoms with Crippen molar-refractivity contribution in [3.63, 3.8) is 0 Å². The molecule has 0 unspecified atom stereocenters. The predicted molar refractivity (Wildman–Crippen MR) is 191 cm³/mol. The summed E-state index contributed by atoms with van der Waals surface area (Å²) < 4.78 is 7.48. The van der Waals surface area contributed by atoms with Crippen LogP contribution in [0.15, 0.2) is 20.6 Å². The van der Waals surface area contributed by atoms with Crippen molar-refractivity contribution >= 4 is 47.0 Å². The van der Waals surface area contributed by atoms with Crippen molar-refractivity contribution in [1.82, 2.24) is 100 Å². The Bertz CT molecular complexity index is 1280. The Labute approximate surface area is 304 Å². The van der Waals surface area contributed by atoms with E-state index in [2.05, 4.69) is 81.7 Å². The highest BCUT2D eigenvalue weighted by molar-refractivity contribution is 8.01. The molecule has 0 aromatic carbocycles. The maximum Gasteiger partial charge on any atom is 0.209 e. The minimum absolute atomic E-state index is 0.321. The van der Waals surface area contributed by atoms with E-state index in [4.69, 9.17) is 0 Å². The van der Waals surface area contributed by atoms with E-state index < -0.39 is 0 Å². The van der Waals surface area contributed by atoms with Gasteiger partial charge in [0.2, 0.25) is 20.6 Å². The Morgan fingerprint density at radius 2 is 0.633 bits per heavy atom. The van der Waals surface area contributed by atoms with Crippen LogP contribution < -0.4 is 0 Å². The van der Waals surface area contributed by atoms with Crippen molar-refractivity contribution in [3.05, 3.63) is 0 Å². The van der Waals surface area contributed by atoms with E-state index in [1.807, 2.05) is 75.1 Å². The molecule has 0 amide bonds. The van der Waals surface area contributed by atoms with Gasteiger partial charge in [0.05, 0.1) is 26.2 Å².